The zero-order valence-corrected chi connectivity index (χ0v) is 12.4. The lowest BCUT2D eigenvalue weighted by molar-refractivity contribution is 0.300. The summed E-state index contributed by atoms with van der Waals surface area (Å²) in [5, 5.41) is 7.59. The number of nitrogens with one attached hydrogen (secondary N) is 1. The normalized spacial score (nSPS) is 11.2. The van der Waals surface area contributed by atoms with Crippen LogP contribution in [0.4, 0.5) is 0 Å². The van der Waals surface area contributed by atoms with E-state index in [0.717, 1.165) is 36.6 Å². The van der Waals surface area contributed by atoms with Crippen LogP contribution in [0, 0.1) is 0 Å². The molecule has 0 saturated heterocycles. The molecule has 0 radical (unpaired) electrons. The molecule has 0 spiro atoms. The van der Waals surface area contributed by atoms with Crippen molar-refractivity contribution in [2.75, 3.05) is 0 Å². The van der Waals surface area contributed by atoms with Crippen LogP contribution >= 0.6 is 0 Å². The van der Waals surface area contributed by atoms with Gasteiger partial charge in [0.1, 0.15) is 12.4 Å². The van der Waals surface area contributed by atoms with Crippen molar-refractivity contribution in [1.82, 2.24) is 15.1 Å². The van der Waals surface area contributed by atoms with E-state index in [1.54, 1.807) is 12.5 Å². The second kappa shape index (κ2) is 7.14. The predicted octanol–water partition coefficient (Wildman–Crippen LogP) is 2.96. The fourth-order valence-electron chi connectivity index (χ4n) is 1.88. The van der Waals surface area contributed by atoms with Crippen molar-refractivity contribution in [3.05, 3.63) is 36.0 Å². The molecule has 0 aromatic carbocycles. The molecule has 20 heavy (non-hydrogen) atoms. The minimum atomic E-state index is 0.432. The second-order valence-electron chi connectivity index (χ2n) is 5.13. The van der Waals surface area contributed by atoms with Crippen molar-refractivity contribution < 1.29 is 9.15 Å². The van der Waals surface area contributed by atoms with Gasteiger partial charge in [-0.3, -0.25) is 4.68 Å². The van der Waals surface area contributed by atoms with E-state index in [2.05, 4.69) is 31.2 Å². The molecule has 0 unspecified atom stereocenters. The topological polar surface area (TPSA) is 52.2 Å². The maximum absolute atomic E-state index is 5.75. The van der Waals surface area contributed by atoms with Gasteiger partial charge in [0.15, 0.2) is 5.75 Å². The standard InChI is InChI=1S/C15H23N3O2/c1-4-6-18-10-14(8-17-18)20-11-13-5-7-19-15(13)9-16-12(2)3/h5,7-8,10,12,16H,4,6,9,11H2,1-3H3. The van der Waals surface area contributed by atoms with Crippen LogP contribution in [-0.2, 0) is 19.7 Å². The van der Waals surface area contributed by atoms with Gasteiger partial charge in [0.2, 0.25) is 0 Å². The van der Waals surface area contributed by atoms with E-state index in [0.29, 0.717) is 12.6 Å². The van der Waals surface area contributed by atoms with Crippen LogP contribution < -0.4 is 10.1 Å². The first-order chi connectivity index (χ1) is 9.69. The maximum atomic E-state index is 5.75. The van der Waals surface area contributed by atoms with Gasteiger partial charge < -0.3 is 14.5 Å². The summed E-state index contributed by atoms with van der Waals surface area (Å²) in [5.41, 5.74) is 1.07. The largest absolute Gasteiger partial charge is 0.485 e. The fraction of sp³-hybridized carbons (Fsp3) is 0.533. The van der Waals surface area contributed by atoms with Gasteiger partial charge in [-0.05, 0) is 12.5 Å². The van der Waals surface area contributed by atoms with Gasteiger partial charge in [-0.2, -0.15) is 5.10 Å². The van der Waals surface area contributed by atoms with Crippen LogP contribution in [0.1, 0.15) is 38.5 Å². The highest BCUT2D eigenvalue weighted by molar-refractivity contribution is 5.18. The molecule has 2 heterocycles. The quantitative estimate of drug-likeness (QED) is 0.806. The molecule has 2 aromatic rings. The number of aryl methyl sites for hydroxylation is 1. The van der Waals surface area contributed by atoms with E-state index < -0.39 is 0 Å². The number of rotatable bonds is 8. The van der Waals surface area contributed by atoms with Gasteiger partial charge >= 0.3 is 0 Å². The molecule has 0 amide bonds. The highest BCUT2D eigenvalue weighted by Crippen LogP contribution is 2.15. The fourth-order valence-corrected chi connectivity index (χ4v) is 1.88. The van der Waals surface area contributed by atoms with Gasteiger partial charge in [-0.1, -0.05) is 20.8 Å². The van der Waals surface area contributed by atoms with Crippen LogP contribution in [0.5, 0.6) is 5.75 Å². The van der Waals surface area contributed by atoms with Crippen LogP contribution in [-0.4, -0.2) is 15.8 Å². The van der Waals surface area contributed by atoms with Crippen molar-refractivity contribution in [1.29, 1.82) is 0 Å². The monoisotopic (exact) mass is 277 g/mol. The molecule has 0 atom stereocenters. The first kappa shape index (κ1) is 14.7. The van der Waals surface area contributed by atoms with Crippen molar-refractivity contribution in [3.8, 4) is 5.75 Å². The lowest BCUT2D eigenvalue weighted by Crippen LogP contribution is -2.22. The SMILES string of the molecule is CCCn1cc(OCc2ccoc2CNC(C)C)cn1. The molecule has 1 N–H and O–H groups in total. The van der Waals surface area contributed by atoms with Gasteiger partial charge in [-0.15, -0.1) is 0 Å². The molecule has 0 aliphatic heterocycles. The molecule has 110 valence electrons. The Morgan fingerprint density at radius 2 is 2.30 bits per heavy atom. The Morgan fingerprint density at radius 1 is 1.45 bits per heavy atom. The van der Waals surface area contributed by atoms with Crippen molar-refractivity contribution in [2.45, 2.75) is 52.9 Å². The summed E-state index contributed by atoms with van der Waals surface area (Å²) in [6.07, 6.45) is 6.45. The molecule has 0 aliphatic carbocycles. The molecule has 0 fully saturated rings. The molecule has 5 heteroatoms. The summed E-state index contributed by atoms with van der Waals surface area (Å²) in [4.78, 5) is 0. The molecule has 2 rings (SSSR count). The minimum absolute atomic E-state index is 0.432. The summed E-state index contributed by atoms with van der Waals surface area (Å²) in [5.74, 6) is 1.72. The van der Waals surface area contributed by atoms with Gasteiger partial charge in [0.25, 0.3) is 0 Å². The Hall–Kier alpha value is -1.75. The average molecular weight is 277 g/mol. The maximum Gasteiger partial charge on any atom is 0.157 e. The summed E-state index contributed by atoms with van der Waals surface area (Å²) in [7, 11) is 0. The second-order valence-corrected chi connectivity index (χ2v) is 5.13. The van der Waals surface area contributed by atoms with Crippen molar-refractivity contribution in [3.63, 3.8) is 0 Å². The Labute approximate surface area is 119 Å². The Morgan fingerprint density at radius 3 is 3.05 bits per heavy atom. The molecule has 0 aliphatic rings. The van der Waals surface area contributed by atoms with Crippen LogP contribution in [0.3, 0.4) is 0 Å². The summed E-state index contributed by atoms with van der Waals surface area (Å²) in [6, 6.07) is 2.38. The van der Waals surface area contributed by atoms with Gasteiger partial charge in [-0.25, -0.2) is 0 Å². The Bertz CT molecular complexity index is 517. The summed E-state index contributed by atoms with van der Waals surface area (Å²) >= 11 is 0. The van der Waals surface area contributed by atoms with Crippen molar-refractivity contribution >= 4 is 0 Å². The first-order valence-corrected chi connectivity index (χ1v) is 7.13. The average Bonchev–Trinajstić information content (AvgIpc) is 3.03. The highest BCUT2D eigenvalue weighted by Gasteiger charge is 2.08. The van der Waals surface area contributed by atoms with Crippen LogP contribution in [0.25, 0.3) is 0 Å². The first-order valence-electron chi connectivity index (χ1n) is 7.13. The lowest BCUT2D eigenvalue weighted by Gasteiger charge is -2.08. The lowest BCUT2D eigenvalue weighted by atomic mass is 10.2. The minimum Gasteiger partial charge on any atom is -0.485 e. The van der Waals surface area contributed by atoms with E-state index in [1.165, 1.54) is 0 Å². The number of ether oxygens (including phenoxy) is 1. The number of furan rings is 1. The van der Waals surface area contributed by atoms with E-state index in [9.17, 15) is 0 Å². The zero-order chi connectivity index (χ0) is 14.4. The number of hydrogen-bond acceptors (Lipinski definition) is 4. The Balaban J connectivity index is 1.88. The number of hydrogen-bond donors (Lipinski definition) is 1. The molecule has 0 saturated carbocycles. The zero-order valence-electron chi connectivity index (χ0n) is 12.4. The summed E-state index contributed by atoms with van der Waals surface area (Å²) in [6.45, 7) is 8.49. The smallest absolute Gasteiger partial charge is 0.157 e. The highest BCUT2D eigenvalue weighted by atomic mass is 16.5. The molecular formula is C15H23N3O2. The van der Waals surface area contributed by atoms with Crippen LogP contribution in [0.2, 0.25) is 0 Å². The molecule has 5 nitrogen and oxygen atoms in total. The third kappa shape index (κ3) is 4.13. The van der Waals surface area contributed by atoms with Crippen LogP contribution in [0.15, 0.2) is 29.1 Å². The van der Waals surface area contributed by atoms with E-state index in [-0.39, 0.29) is 0 Å². The van der Waals surface area contributed by atoms with Gasteiger partial charge in [0.05, 0.1) is 25.2 Å². The third-order valence-corrected chi connectivity index (χ3v) is 2.97. The Kier molecular flexibility index (Phi) is 5.24. The molecular weight excluding hydrogens is 254 g/mol. The van der Waals surface area contributed by atoms with E-state index in [4.69, 9.17) is 9.15 Å². The molecule has 2 aromatic heterocycles. The predicted molar refractivity (Wildman–Crippen MR) is 77.5 cm³/mol. The van der Waals surface area contributed by atoms with Gasteiger partial charge in [0, 0.05) is 18.2 Å². The van der Waals surface area contributed by atoms with E-state index >= 15 is 0 Å². The summed E-state index contributed by atoms with van der Waals surface area (Å²) < 4.78 is 13.1. The number of aromatic nitrogens is 2. The molecule has 0 bridgehead atoms. The van der Waals surface area contributed by atoms with E-state index in [1.807, 2.05) is 16.9 Å². The van der Waals surface area contributed by atoms with Crippen molar-refractivity contribution in [2.24, 2.45) is 0 Å². The number of nitrogens with zero attached hydrogens (tertiary/aromatic N) is 2. The third-order valence-electron chi connectivity index (χ3n) is 2.97.